The van der Waals surface area contributed by atoms with Crippen LogP contribution < -0.4 is 5.32 Å². The van der Waals surface area contributed by atoms with E-state index in [1.807, 2.05) is 31.2 Å². The minimum Gasteiger partial charge on any atom is -0.385 e. The Labute approximate surface area is 116 Å². The predicted molar refractivity (Wildman–Crippen MR) is 79.8 cm³/mol. The molecule has 0 saturated carbocycles. The summed E-state index contributed by atoms with van der Waals surface area (Å²) in [6.07, 6.45) is 3.18. The van der Waals surface area contributed by atoms with E-state index in [4.69, 9.17) is 0 Å². The molecule has 1 unspecified atom stereocenters. The fraction of sp³-hybridized carbons (Fsp3) is 0.562. The summed E-state index contributed by atoms with van der Waals surface area (Å²) in [5, 5.41) is 3.48. The van der Waals surface area contributed by atoms with Crippen molar-refractivity contribution in [3.63, 3.8) is 0 Å². The van der Waals surface area contributed by atoms with Crippen LogP contribution in [-0.2, 0) is 0 Å². The molecule has 1 heterocycles. The average molecular weight is 260 g/mol. The van der Waals surface area contributed by atoms with Crippen molar-refractivity contribution in [3.8, 4) is 0 Å². The van der Waals surface area contributed by atoms with Crippen LogP contribution in [0.2, 0.25) is 0 Å². The molecule has 0 radical (unpaired) electrons. The fourth-order valence-corrected chi connectivity index (χ4v) is 2.68. The van der Waals surface area contributed by atoms with E-state index in [9.17, 15) is 4.79 Å². The summed E-state index contributed by atoms with van der Waals surface area (Å²) in [7, 11) is 2.19. The molecule has 3 nitrogen and oxygen atoms in total. The Bertz CT molecular complexity index is 413. The molecule has 0 amide bonds. The Morgan fingerprint density at radius 3 is 2.74 bits per heavy atom. The van der Waals surface area contributed by atoms with Crippen molar-refractivity contribution in [3.05, 3.63) is 29.8 Å². The van der Waals surface area contributed by atoms with Gasteiger partial charge in [0.25, 0.3) is 0 Å². The monoisotopic (exact) mass is 260 g/mol. The Morgan fingerprint density at radius 1 is 1.37 bits per heavy atom. The fourth-order valence-electron chi connectivity index (χ4n) is 2.68. The maximum atomic E-state index is 11.5. The number of piperidine rings is 1. The van der Waals surface area contributed by atoms with Gasteiger partial charge in [0.05, 0.1) is 0 Å². The van der Waals surface area contributed by atoms with Gasteiger partial charge < -0.3 is 10.2 Å². The number of nitrogens with zero attached hydrogens (tertiary/aromatic N) is 1. The van der Waals surface area contributed by atoms with Gasteiger partial charge in [-0.15, -0.1) is 0 Å². The normalized spacial score (nSPS) is 20.2. The van der Waals surface area contributed by atoms with Gasteiger partial charge in [-0.1, -0.05) is 6.92 Å². The van der Waals surface area contributed by atoms with Crippen molar-refractivity contribution in [2.45, 2.75) is 26.2 Å². The van der Waals surface area contributed by atoms with E-state index in [0.29, 0.717) is 6.42 Å². The Hall–Kier alpha value is -1.35. The summed E-state index contributed by atoms with van der Waals surface area (Å²) in [5.74, 6) is 0.941. The van der Waals surface area contributed by atoms with Crippen LogP contribution in [0.5, 0.6) is 0 Å². The Kier molecular flexibility index (Phi) is 4.97. The zero-order valence-corrected chi connectivity index (χ0v) is 12.0. The Balaban J connectivity index is 1.84. The molecule has 0 spiro atoms. The van der Waals surface area contributed by atoms with E-state index < -0.39 is 0 Å². The molecule has 19 heavy (non-hydrogen) atoms. The van der Waals surface area contributed by atoms with E-state index in [-0.39, 0.29) is 5.78 Å². The molecule has 104 valence electrons. The second-order valence-electron chi connectivity index (χ2n) is 5.51. The first-order chi connectivity index (χ1) is 9.19. The first kappa shape index (κ1) is 14.1. The third kappa shape index (κ3) is 4.06. The summed E-state index contributed by atoms with van der Waals surface area (Å²) in [6, 6.07) is 7.85. The summed E-state index contributed by atoms with van der Waals surface area (Å²) >= 11 is 0. The van der Waals surface area contributed by atoms with Crippen LogP contribution in [0.15, 0.2) is 24.3 Å². The van der Waals surface area contributed by atoms with Gasteiger partial charge in [-0.05, 0) is 56.6 Å². The molecule has 0 aromatic heterocycles. The minimum atomic E-state index is 0.209. The number of rotatable bonds is 5. The highest BCUT2D eigenvalue weighted by atomic mass is 16.1. The van der Waals surface area contributed by atoms with E-state index in [1.165, 1.54) is 25.9 Å². The lowest BCUT2D eigenvalue weighted by Gasteiger charge is -2.29. The molecule has 1 N–H and O–H groups in total. The highest BCUT2D eigenvalue weighted by Crippen LogP contribution is 2.17. The molecule has 0 aliphatic carbocycles. The lowest BCUT2D eigenvalue weighted by atomic mass is 9.98. The smallest absolute Gasteiger partial charge is 0.162 e. The van der Waals surface area contributed by atoms with Gasteiger partial charge in [0.1, 0.15) is 0 Å². The average Bonchev–Trinajstić information content (AvgIpc) is 2.45. The van der Waals surface area contributed by atoms with Crippen LogP contribution in [-0.4, -0.2) is 37.4 Å². The van der Waals surface area contributed by atoms with Crippen molar-refractivity contribution in [2.75, 3.05) is 32.0 Å². The maximum absolute atomic E-state index is 11.5. The van der Waals surface area contributed by atoms with Crippen molar-refractivity contribution >= 4 is 11.5 Å². The largest absolute Gasteiger partial charge is 0.385 e. The number of ketones is 1. The number of carbonyl (C=O) groups is 1. The maximum Gasteiger partial charge on any atom is 0.162 e. The predicted octanol–water partition coefficient (Wildman–Crippen LogP) is 3.03. The van der Waals surface area contributed by atoms with Gasteiger partial charge in [0, 0.05) is 30.8 Å². The zero-order valence-electron chi connectivity index (χ0n) is 12.0. The molecule has 1 aromatic rings. The first-order valence-electron chi connectivity index (χ1n) is 7.24. The number of anilines is 1. The molecule has 1 aromatic carbocycles. The highest BCUT2D eigenvalue weighted by Gasteiger charge is 2.16. The quantitative estimate of drug-likeness (QED) is 0.826. The standard InChI is InChI=1S/C16H24N2O/c1-3-16(19)14-6-8-15(9-7-14)17-11-13-5-4-10-18(2)12-13/h6-9,13,17H,3-5,10-12H2,1-2H3. The number of likely N-dealkylation sites (tertiary alicyclic amines) is 1. The topological polar surface area (TPSA) is 32.3 Å². The number of carbonyl (C=O) groups excluding carboxylic acids is 1. The molecule has 3 heteroatoms. The summed E-state index contributed by atoms with van der Waals surface area (Å²) in [5.41, 5.74) is 1.92. The highest BCUT2D eigenvalue weighted by molar-refractivity contribution is 5.96. The van der Waals surface area contributed by atoms with Gasteiger partial charge in [0.15, 0.2) is 5.78 Å². The van der Waals surface area contributed by atoms with Gasteiger partial charge >= 0.3 is 0 Å². The van der Waals surface area contributed by atoms with Gasteiger partial charge in [0.2, 0.25) is 0 Å². The number of hydrogen-bond acceptors (Lipinski definition) is 3. The lowest BCUT2D eigenvalue weighted by molar-refractivity contribution is 0.0988. The third-order valence-corrected chi connectivity index (χ3v) is 3.84. The SMILES string of the molecule is CCC(=O)c1ccc(NCC2CCCN(C)C2)cc1. The second kappa shape index (κ2) is 6.71. The summed E-state index contributed by atoms with van der Waals surface area (Å²) in [6.45, 7) is 5.32. The molecule has 1 atom stereocenters. The second-order valence-corrected chi connectivity index (χ2v) is 5.51. The molecular formula is C16H24N2O. The third-order valence-electron chi connectivity index (χ3n) is 3.84. The molecule has 1 fully saturated rings. The molecule has 1 saturated heterocycles. The zero-order chi connectivity index (χ0) is 13.7. The van der Waals surface area contributed by atoms with E-state index in [1.54, 1.807) is 0 Å². The van der Waals surface area contributed by atoms with E-state index in [0.717, 1.165) is 23.7 Å². The number of benzene rings is 1. The van der Waals surface area contributed by atoms with Crippen molar-refractivity contribution in [1.82, 2.24) is 4.90 Å². The van der Waals surface area contributed by atoms with Crippen molar-refractivity contribution < 1.29 is 4.79 Å². The molecular weight excluding hydrogens is 236 g/mol. The van der Waals surface area contributed by atoms with Crippen molar-refractivity contribution in [1.29, 1.82) is 0 Å². The van der Waals surface area contributed by atoms with Gasteiger partial charge in [-0.3, -0.25) is 4.79 Å². The van der Waals surface area contributed by atoms with E-state index in [2.05, 4.69) is 17.3 Å². The van der Waals surface area contributed by atoms with Crippen LogP contribution in [0, 0.1) is 5.92 Å². The minimum absolute atomic E-state index is 0.209. The summed E-state index contributed by atoms with van der Waals surface area (Å²) in [4.78, 5) is 13.9. The number of Topliss-reactive ketones (excluding diaryl/α,β-unsaturated/α-hetero) is 1. The number of hydrogen-bond donors (Lipinski definition) is 1. The van der Waals surface area contributed by atoms with Crippen LogP contribution >= 0.6 is 0 Å². The number of nitrogens with one attached hydrogen (secondary N) is 1. The lowest BCUT2D eigenvalue weighted by Crippen LogP contribution is -2.35. The van der Waals surface area contributed by atoms with E-state index >= 15 is 0 Å². The van der Waals surface area contributed by atoms with Crippen LogP contribution in [0.25, 0.3) is 0 Å². The van der Waals surface area contributed by atoms with Gasteiger partial charge in [-0.2, -0.15) is 0 Å². The summed E-state index contributed by atoms with van der Waals surface area (Å²) < 4.78 is 0. The molecule has 0 bridgehead atoms. The van der Waals surface area contributed by atoms with Crippen LogP contribution in [0.4, 0.5) is 5.69 Å². The molecule has 1 aliphatic rings. The molecule has 2 rings (SSSR count). The first-order valence-corrected chi connectivity index (χ1v) is 7.24. The van der Waals surface area contributed by atoms with Crippen LogP contribution in [0.1, 0.15) is 36.5 Å². The van der Waals surface area contributed by atoms with Crippen molar-refractivity contribution in [2.24, 2.45) is 5.92 Å². The van der Waals surface area contributed by atoms with Crippen LogP contribution in [0.3, 0.4) is 0 Å². The van der Waals surface area contributed by atoms with Gasteiger partial charge in [-0.25, -0.2) is 0 Å². The molecule has 1 aliphatic heterocycles. The Morgan fingerprint density at radius 2 is 2.11 bits per heavy atom.